The smallest absolute Gasteiger partial charge is 0.319 e. The van der Waals surface area contributed by atoms with Gasteiger partial charge >= 0.3 is 6.03 Å². The quantitative estimate of drug-likeness (QED) is 0.469. The second-order valence-corrected chi connectivity index (χ2v) is 7.17. The Morgan fingerprint density at radius 3 is 2.57 bits per heavy atom. The molecule has 0 saturated carbocycles. The maximum atomic E-state index is 13.6. The molecule has 2 heterocycles. The number of aromatic nitrogens is 2. The van der Waals surface area contributed by atoms with Crippen molar-refractivity contribution in [2.75, 3.05) is 17.2 Å². The number of benzene rings is 1. The largest absolute Gasteiger partial charge is 0.459 e. The van der Waals surface area contributed by atoms with Gasteiger partial charge in [0.2, 0.25) is 11.9 Å². The summed E-state index contributed by atoms with van der Waals surface area (Å²) in [4.78, 5) is 31.3. The predicted octanol–water partition coefficient (Wildman–Crippen LogP) is 3.09. The first-order chi connectivity index (χ1) is 14.2. The zero-order valence-corrected chi connectivity index (χ0v) is 16.8. The molecule has 1 unspecified atom stereocenters. The Morgan fingerprint density at radius 2 is 1.93 bits per heavy atom. The zero-order chi connectivity index (χ0) is 21.8. The molecule has 5 N–H and O–H groups in total. The molecule has 0 aliphatic carbocycles. The first-order valence-corrected chi connectivity index (χ1v) is 9.35. The van der Waals surface area contributed by atoms with Gasteiger partial charge in [0, 0.05) is 10.9 Å². The van der Waals surface area contributed by atoms with Gasteiger partial charge in [-0.3, -0.25) is 4.79 Å². The Labute approximate surface area is 172 Å². The fourth-order valence-corrected chi connectivity index (χ4v) is 3.00. The summed E-state index contributed by atoms with van der Waals surface area (Å²) in [5.41, 5.74) is 6.75. The number of nitrogens with one attached hydrogen (secondary N) is 3. The average molecular weight is 414 g/mol. The van der Waals surface area contributed by atoms with Crippen molar-refractivity contribution >= 4 is 34.5 Å². The summed E-state index contributed by atoms with van der Waals surface area (Å²) < 4.78 is 19.5. The SMILES string of the molecule is Cc1c(C(NC(=O)Nc2cnc(NCC(N)=O)nc2)C(C)C)oc2ccc(F)cc12. The van der Waals surface area contributed by atoms with Crippen LogP contribution in [0.5, 0.6) is 0 Å². The molecule has 3 amide bonds. The van der Waals surface area contributed by atoms with E-state index in [1.165, 1.54) is 24.5 Å². The molecule has 3 aromatic rings. The van der Waals surface area contributed by atoms with Crippen LogP contribution in [-0.2, 0) is 4.79 Å². The van der Waals surface area contributed by atoms with Gasteiger partial charge in [0.15, 0.2) is 0 Å². The number of amides is 3. The van der Waals surface area contributed by atoms with Gasteiger partial charge in [-0.05, 0) is 31.0 Å². The van der Waals surface area contributed by atoms with Crippen molar-refractivity contribution in [2.45, 2.75) is 26.8 Å². The van der Waals surface area contributed by atoms with E-state index >= 15 is 0 Å². The van der Waals surface area contributed by atoms with E-state index in [-0.39, 0.29) is 24.2 Å². The minimum Gasteiger partial charge on any atom is -0.459 e. The first kappa shape index (κ1) is 21.0. The summed E-state index contributed by atoms with van der Waals surface area (Å²) in [6.45, 7) is 5.63. The molecule has 0 radical (unpaired) electrons. The maximum absolute atomic E-state index is 13.6. The van der Waals surface area contributed by atoms with E-state index < -0.39 is 18.0 Å². The number of carbonyl (C=O) groups is 2. The number of nitrogens with two attached hydrogens (primary N) is 1. The minimum atomic E-state index is -0.538. The standard InChI is InChI=1S/C20H23FN6O3/c1-10(2)17(18-11(3)14-6-12(21)4-5-15(14)30-18)27-20(29)26-13-7-23-19(24-8-13)25-9-16(22)28/h4-8,10,17H,9H2,1-3H3,(H2,22,28)(H,23,24,25)(H2,26,27,29). The van der Waals surface area contributed by atoms with Gasteiger partial charge in [0.05, 0.1) is 30.7 Å². The molecule has 30 heavy (non-hydrogen) atoms. The highest BCUT2D eigenvalue weighted by Crippen LogP contribution is 2.33. The van der Waals surface area contributed by atoms with Gasteiger partial charge < -0.3 is 26.1 Å². The number of furan rings is 1. The molecule has 1 atom stereocenters. The van der Waals surface area contributed by atoms with Crippen molar-refractivity contribution in [3.63, 3.8) is 0 Å². The number of urea groups is 1. The summed E-state index contributed by atoms with van der Waals surface area (Å²) >= 11 is 0. The molecule has 0 aliphatic rings. The summed E-state index contributed by atoms with van der Waals surface area (Å²) in [5, 5.41) is 8.86. The number of hydrogen-bond donors (Lipinski definition) is 4. The molecular weight excluding hydrogens is 391 g/mol. The summed E-state index contributed by atoms with van der Waals surface area (Å²) in [6.07, 6.45) is 2.80. The van der Waals surface area contributed by atoms with Crippen molar-refractivity contribution in [1.29, 1.82) is 0 Å². The number of aryl methyl sites for hydroxylation is 1. The highest BCUT2D eigenvalue weighted by Gasteiger charge is 2.25. The van der Waals surface area contributed by atoms with Crippen LogP contribution in [0.4, 0.5) is 20.8 Å². The lowest BCUT2D eigenvalue weighted by atomic mass is 9.98. The second kappa shape index (κ2) is 8.76. The Hall–Kier alpha value is -3.69. The maximum Gasteiger partial charge on any atom is 0.319 e. The molecule has 0 fully saturated rings. The van der Waals surface area contributed by atoms with E-state index in [0.29, 0.717) is 22.4 Å². The van der Waals surface area contributed by atoms with E-state index in [1.807, 2.05) is 20.8 Å². The predicted molar refractivity (Wildman–Crippen MR) is 110 cm³/mol. The molecule has 0 saturated heterocycles. The Balaban J connectivity index is 1.72. The van der Waals surface area contributed by atoms with E-state index in [9.17, 15) is 14.0 Å². The molecule has 2 aromatic heterocycles. The second-order valence-electron chi connectivity index (χ2n) is 7.17. The van der Waals surface area contributed by atoms with Crippen LogP contribution in [0.1, 0.15) is 31.2 Å². The number of nitrogens with zero attached hydrogens (tertiary/aromatic N) is 2. The molecule has 158 valence electrons. The third kappa shape index (κ3) is 4.83. The number of rotatable bonds is 7. The topological polar surface area (TPSA) is 135 Å². The Kier molecular flexibility index (Phi) is 6.14. The molecule has 10 heteroatoms. The fraction of sp³-hybridized carbons (Fsp3) is 0.300. The van der Waals surface area contributed by atoms with E-state index in [1.54, 1.807) is 6.07 Å². The van der Waals surface area contributed by atoms with Gasteiger partial charge in [-0.2, -0.15) is 0 Å². The van der Waals surface area contributed by atoms with Gasteiger partial charge in [-0.25, -0.2) is 19.2 Å². The number of hydrogen-bond acceptors (Lipinski definition) is 6. The van der Waals surface area contributed by atoms with Crippen LogP contribution in [0, 0.1) is 18.7 Å². The Bertz CT molecular complexity index is 1060. The van der Waals surface area contributed by atoms with Crippen molar-refractivity contribution in [1.82, 2.24) is 15.3 Å². The van der Waals surface area contributed by atoms with E-state index in [2.05, 4.69) is 25.9 Å². The third-order valence-corrected chi connectivity index (χ3v) is 4.50. The number of anilines is 2. The molecular formula is C20H23FN6O3. The van der Waals surface area contributed by atoms with Crippen LogP contribution in [0.25, 0.3) is 11.0 Å². The van der Waals surface area contributed by atoms with Crippen molar-refractivity contribution in [3.05, 3.63) is 47.7 Å². The van der Waals surface area contributed by atoms with E-state index in [4.69, 9.17) is 10.2 Å². The summed E-state index contributed by atoms with van der Waals surface area (Å²) in [6, 6.07) is 3.42. The first-order valence-electron chi connectivity index (χ1n) is 9.35. The van der Waals surface area contributed by atoms with Crippen LogP contribution < -0.4 is 21.7 Å². The lowest BCUT2D eigenvalue weighted by molar-refractivity contribution is -0.116. The molecule has 3 rings (SSSR count). The fourth-order valence-electron chi connectivity index (χ4n) is 3.00. The van der Waals surface area contributed by atoms with Crippen molar-refractivity contribution < 1.29 is 18.4 Å². The Morgan fingerprint density at radius 1 is 1.23 bits per heavy atom. The third-order valence-electron chi connectivity index (χ3n) is 4.50. The van der Waals surface area contributed by atoms with Crippen LogP contribution in [-0.4, -0.2) is 28.5 Å². The number of primary amides is 1. The lowest BCUT2D eigenvalue weighted by Crippen LogP contribution is -2.35. The van der Waals surface area contributed by atoms with Gasteiger partial charge in [0.1, 0.15) is 17.2 Å². The van der Waals surface area contributed by atoms with Gasteiger partial charge in [-0.1, -0.05) is 13.8 Å². The van der Waals surface area contributed by atoms with Crippen molar-refractivity contribution in [2.24, 2.45) is 11.7 Å². The summed E-state index contributed by atoms with van der Waals surface area (Å²) in [7, 11) is 0. The van der Waals surface area contributed by atoms with Crippen LogP contribution in [0.15, 0.2) is 35.0 Å². The average Bonchev–Trinajstić information content (AvgIpc) is 3.01. The molecule has 1 aromatic carbocycles. The van der Waals surface area contributed by atoms with Crippen molar-refractivity contribution in [3.8, 4) is 0 Å². The lowest BCUT2D eigenvalue weighted by Gasteiger charge is -2.21. The normalized spacial score (nSPS) is 12.0. The highest BCUT2D eigenvalue weighted by atomic mass is 19.1. The molecule has 0 spiro atoms. The van der Waals surface area contributed by atoms with Gasteiger partial charge in [-0.15, -0.1) is 0 Å². The van der Waals surface area contributed by atoms with Crippen LogP contribution >= 0.6 is 0 Å². The zero-order valence-electron chi connectivity index (χ0n) is 16.8. The van der Waals surface area contributed by atoms with Gasteiger partial charge in [0.25, 0.3) is 0 Å². The van der Waals surface area contributed by atoms with Crippen LogP contribution in [0.3, 0.4) is 0 Å². The van der Waals surface area contributed by atoms with E-state index in [0.717, 1.165) is 5.56 Å². The minimum absolute atomic E-state index is 0.0106. The summed E-state index contributed by atoms with van der Waals surface area (Å²) in [5.74, 6) is -0.0912. The number of carbonyl (C=O) groups excluding carboxylic acids is 2. The molecule has 9 nitrogen and oxygen atoms in total. The number of fused-ring (bicyclic) bond motifs is 1. The van der Waals surface area contributed by atoms with Crippen LogP contribution in [0.2, 0.25) is 0 Å². The number of halogens is 1. The monoisotopic (exact) mass is 414 g/mol. The highest BCUT2D eigenvalue weighted by molar-refractivity contribution is 5.89. The molecule has 0 bridgehead atoms. The molecule has 0 aliphatic heterocycles.